The van der Waals surface area contributed by atoms with E-state index in [-0.39, 0.29) is 11.5 Å². The van der Waals surface area contributed by atoms with Crippen LogP contribution in [-0.4, -0.2) is 23.8 Å². The highest BCUT2D eigenvalue weighted by Crippen LogP contribution is 2.23. The average Bonchev–Trinajstić information content (AvgIpc) is 2.89. The van der Waals surface area contributed by atoms with Crippen LogP contribution in [-0.2, 0) is 11.8 Å². The van der Waals surface area contributed by atoms with Crippen molar-refractivity contribution in [1.82, 2.24) is 5.32 Å². The molecule has 0 spiro atoms. The third-order valence-electron chi connectivity index (χ3n) is 4.11. The molecule has 106 valence electrons. The summed E-state index contributed by atoms with van der Waals surface area (Å²) in [5, 5.41) is 13.5. The molecular weight excluding hydrogens is 234 g/mol. The van der Waals surface area contributed by atoms with E-state index in [1.54, 1.807) is 0 Å². The van der Waals surface area contributed by atoms with Crippen LogP contribution in [0.15, 0.2) is 24.3 Å². The van der Waals surface area contributed by atoms with Crippen molar-refractivity contribution in [2.45, 2.75) is 64.0 Å². The van der Waals surface area contributed by atoms with Gasteiger partial charge in [-0.25, -0.2) is 0 Å². The van der Waals surface area contributed by atoms with Crippen LogP contribution in [0.2, 0.25) is 0 Å². The van der Waals surface area contributed by atoms with Crippen molar-refractivity contribution >= 4 is 0 Å². The van der Waals surface area contributed by atoms with Gasteiger partial charge in [-0.15, -0.1) is 0 Å². The maximum atomic E-state index is 10.1. The molecule has 19 heavy (non-hydrogen) atoms. The van der Waals surface area contributed by atoms with Crippen LogP contribution in [0.25, 0.3) is 0 Å². The lowest BCUT2D eigenvalue weighted by molar-refractivity contribution is 0.127. The standard InChI is InChI=1S/C17H27NO/c1-17(2,3)14-9-6-13(7-10-14)8-11-16(19)15-5-4-12-18-15/h6-7,9-10,15-16,18-19H,4-5,8,11-12H2,1-3H3. The summed E-state index contributed by atoms with van der Waals surface area (Å²) < 4.78 is 0. The van der Waals surface area contributed by atoms with Crippen LogP contribution < -0.4 is 5.32 Å². The summed E-state index contributed by atoms with van der Waals surface area (Å²) in [6.45, 7) is 7.76. The predicted octanol–water partition coefficient (Wildman–Crippen LogP) is 3.03. The zero-order chi connectivity index (χ0) is 13.9. The molecule has 0 radical (unpaired) electrons. The summed E-state index contributed by atoms with van der Waals surface area (Å²) in [6.07, 6.45) is 3.92. The molecule has 1 heterocycles. The van der Waals surface area contributed by atoms with E-state index in [1.807, 2.05) is 0 Å². The van der Waals surface area contributed by atoms with Crippen molar-refractivity contribution in [3.8, 4) is 0 Å². The fourth-order valence-electron chi connectivity index (χ4n) is 2.73. The lowest BCUT2D eigenvalue weighted by atomic mass is 9.86. The Hall–Kier alpha value is -0.860. The number of benzene rings is 1. The van der Waals surface area contributed by atoms with Crippen LogP contribution >= 0.6 is 0 Å². The second-order valence-corrected chi connectivity index (χ2v) is 6.76. The molecule has 0 amide bonds. The summed E-state index contributed by atoms with van der Waals surface area (Å²) in [5.41, 5.74) is 2.91. The number of hydrogen-bond acceptors (Lipinski definition) is 2. The van der Waals surface area contributed by atoms with E-state index in [0.29, 0.717) is 6.04 Å². The second-order valence-electron chi connectivity index (χ2n) is 6.76. The van der Waals surface area contributed by atoms with Gasteiger partial charge in [-0.2, -0.15) is 0 Å². The fourth-order valence-corrected chi connectivity index (χ4v) is 2.73. The molecule has 0 aliphatic carbocycles. The molecule has 1 fully saturated rings. The van der Waals surface area contributed by atoms with Crippen molar-refractivity contribution in [2.75, 3.05) is 6.54 Å². The van der Waals surface area contributed by atoms with Gasteiger partial charge in [-0.05, 0) is 48.8 Å². The van der Waals surface area contributed by atoms with Gasteiger partial charge in [0.15, 0.2) is 0 Å². The van der Waals surface area contributed by atoms with Crippen molar-refractivity contribution in [3.05, 3.63) is 35.4 Å². The van der Waals surface area contributed by atoms with Gasteiger partial charge in [0.1, 0.15) is 0 Å². The van der Waals surface area contributed by atoms with E-state index in [4.69, 9.17) is 0 Å². The molecule has 0 aromatic heterocycles. The largest absolute Gasteiger partial charge is 0.391 e. The maximum absolute atomic E-state index is 10.1. The Kier molecular flexibility index (Phi) is 4.64. The zero-order valence-corrected chi connectivity index (χ0v) is 12.4. The number of aliphatic hydroxyl groups excluding tert-OH is 1. The third-order valence-corrected chi connectivity index (χ3v) is 4.11. The molecule has 0 saturated carbocycles. The predicted molar refractivity (Wildman–Crippen MR) is 80.5 cm³/mol. The molecule has 2 atom stereocenters. The van der Waals surface area contributed by atoms with Crippen molar-refractivity contribution < 1.29 is 5.11 Å². The minimum absolute atomic E-state index is 0.204. The Balaban J connectivity index is 1.86. The van der Waals surface area contributed by atoms with Gasteiger partial charge in [-0.1, -0.05) is 45.0 Å². The lowest BCUT2D eigenvalue weighted by Crippen LogP contribution is -2.34. The highest BCUT2D eigenvalue weighted by molar-refractivity contribution is 5.27. The number of aliphatic hydroxyl groups is 1. The summed E-state index contributed by atoms with van der Waals surface area (Å²) in [5.74, 6) is 0. The Morgan fingerprint density at radius 1 is 1.26 bits per heavy atom. The first-order valence-electron chi connectivity index (χ1n) is 7.48. The molecule has 1 aliphatic heterocycles. The highest BCUT2D eigenvalue weighted by Gasteiger charge is 2.22. The molecule has 2 heteroatoms. The second kappa shape index (κ2) is 6.06. The number of rotatable bonds is 4. The van der Waals surface area contributed by atoms with E-state index in [2.05, 4.69) is 50.4 Å². The summed E-state index contributed by atoms with van der Waals surface area (Å²) in [7, 11) is 0. The SMILES string of the molecule is CC(C)(C)c1ccc(CCC(O)C2CCCN2)cc1. The average molecular weight is 261 g/mol. The van der Waals surface area contributed by atoms with E-state index >= 15 is 0 Å². The highest BCUT2D eigenvalue weighted by atomic mass is 16.3. The number of hydrogen-bond donors (Lipinski definition) is 2. The van der Waals surface area contributed by atoms with Gasteiger partial charge in [0.25, 0.3) is 0 Å². The van der Waals surface area contributed by atoms with Gasteiger partial charge < -0.3 is 10.4 Å². The van der Waals surface area contributed by atoms with Gasteiger partial charge in [-0.3, -0.25) is 0 Å². The van der Waals surface area contributed by atoms with E-state index < -0.39 is 0 Å². The van der Waals surface area contributed by atoms with Gasteiger partial charge >= 0.3 is 0 Å². The normalized spacial score (nSPS) is 21.6. The van der Waals surface area contributed by atoms with Crippen LogP contribution in [0, 0.1) is 0 Å². The topological polar surface area (TPSA) is 32.3 Å². The van der Waals surface area contributed by atoms with E-state index in [9.17, 15) is 5.11 Å². The quantitative estimate of drug-likeness (QED) is 0.873. The Labute approximate surface area is 117 Å². The molecule has 2 nitrogen and oxygen atoms in total. The minimum Gasteiger partial charge on any atom is -0.391 e. The zero-order valence-electron chi connectivity index (χ0n) is 12.4. The van der Waals surface area contributed by atoms with Crippen LogP contribution in [0.4, 0.5) is 0 Å². The minimum atomic E-state index is -0.204. The Morgan fingerprint density at radius 2 is 1.95 bits per heavy atom. The molecule has 0 bridgehead atoms. The van der Waals surface area contributed by atoms with Gasteiger partial charge in [0.05, 0.1) is 6.10 Å². The van der Waals surface area contributed by atoms with Crippen LogP contribution in [0.1, 0.15) is 51.2 Å². The molecule has 2 rings (SSSR count). The molecule has 2 N–H and O–H groups in total. The van der Waals surface area contributed by atoms with Crippen molar-refractivity contribution in [2.24, 2.45) is 0 Å². The lowest BCUT2D eigenvalue weighted by Gasteiger charge is -2.20. The molecule has 1 saturated heterocycles. The van der Waals surface area contributed by atoms with Crippen molar-refractivity contribution in [1.29, 1.82) is 0 Å². The Morgan fingerprint density at radius 3 is 2.47 bits per heavy atom. The molecule has 1 aromatic rings. The van der Waals surface area contributed by atoms with Crippen LogP contribution in [0.5, 0.6) is 0 Å². The number of aryl methyl sites for hydroxylation is 1. The van der Waals surface area contributed by atoms with Crippen molar-refractivity contribution in [3.63, 3.8) is 0 Å². The first-order valence-corrected chi connectivity index (χ1v) is 7.48. The molecular formula is C17H27NO. The summed E-state index contributed by atoms with van der Waals surface area (Å²) >= 11 is 0. The van der Waals surface area contributed by atoms with Gasteiger partial charge in [0, 0.05) is 6.04 Å². The molecule has 1 aromatic carbocycles. The smallest absolute Gasteiger partial charge is 0.0696 e. The summed E-state index contributed by atoms with van der Waals surface area (Å²) in [4.78, 5) is 0. The molecule has 2 unspecified atom stereocenters. The fraction of sp³-hybridized carbons (Fsp3) is 0.647. The molecule has 1 aliphatic rings. The van der Waals surface area contributed by atoms with E-state index in [1.165, 1.54) is 17.5 Å². The van der Waals surface area contributed by atoms with Crippen LogP contribution in [0.3, 0.4) is 0 Å². The first kappa shape index (κ1) is 14.5. The Bertz CT molecular complexity index is 385. The first-order chi connectivity index (χ1) is 8.97. The maximum Gasteiger partial charge on any atom is 0.0696 e. The number of nitrogens with one attached hydrogen (secondary N) is 1. The summed E-state index contributed by atoms with van der Waals surface area (Å²) in [6, 6.07) is 9.16. The third kappa shape index (κ3) is 4.05. The van der Waals surface area contributed by atoms with E-state index in [0.717, 1.165) is 25.8 Å². The monoisotopic (exact) mass is 261 g/mol. The van der Waals surface area contributed by atoms with Gasteiger partial charge in [0.2, 0.25) is 0 Å².